The molecule has 26 heavy (non-hydrogen) atoms. The maximum absolute atomic E-state index is 12.0. The van der Waals surface area contributed by atoms with E-state index >= 15 is 0 Å². The van der Waals surface area contributed by atoms with Gasteiger partial charge >= 0.3 is 6.09 Å². The minimum absolute atomic E-state index is 0.285. The summed E-state index contributed by atoms with van der Waals surface area (Å²) in [6, 6.07) is 7.38. The van der Waals surface area contributed by atoms with Crippen molar-refractivity contribution in [2.24, 2.45) is 0 Å². The van der Waals surface area contributed by atoms with Crippen molar-refractivity contribution in [2.75, 3.05) is 19.6 Å². The van der Waals surface area contributed by atoms with Crippen LogP contribution in [0.3, 0.4) is 0 Å². The Labute approximate surface area is 153 Å². The Kier molecular flexibility index (Phi) is 6.38. The van der Waals surface area contributed by atoms with Gasteiger partial charge < -0.3 is 19.4 Å². The number of benzene rings is 1. The third kappa shape index (κ3) is 5.91. The van der Waals surface area contributed by atoms with E-state index in [0.29, 0.717) is 31.1 Å². The molecule has 2 aromatic rings. The Morgan fingerprint density at radius 3 is 2.69 bits per heavy atom. The zero-order chi connectivity index (χ0) is 19.2. The number of hydrogen-bond acceptors (Lipinski definition) is 5. The number of nitrogens with zero attached hydrogens (tertiary/aromatic N) is 2. The van der Waals surface area contributed by atoms with Crippen LogP contribution >= 0.6 is 0 Å². The lowest BCUT2D eigenvalue weighted by molar-refractivity contribution is -0.116. The first kappa shape index (κ1) is 19.5. The summed E-state index contributed by atoms with van der Waals surface area (Å²) in [5, 5.41) is 2.72. The number of ether oxygens (including phenoxy) is 1. The number of oxazole rings is 1. The van der Waals surface area contributed by atoms with E-state index in [1.165, 1.54) is 17.1 Å². The molecular formula is C19H25N3O4. The highest BCUT2D eigenvalue weighted by atomic mass is 16.6. The van der Waals surface area contributed by atoms with E-state index in [1.807, 2.05) is 52.0 Å². The average Bonchev–Trinajstić information content (AvgIpc) is 2.98. The molecule has 0 aliphatic heterocycles. The van der Waals surface area contributed by atoms with Crippen molar-refractivity contribution in [1.29, 1.82) is 0 Å². The van der Waals surface area contributed by atoms with Crippen LogP contribution in [0, 0.1) is 0 Å². The first-order valence-corrected chi connectivity index (χ1v) is 8.58. The number of carbonyl (C=O) groups excluding carboxylic acids is 2. The van der Waals surface area contributed by atoms with Crippen LogP contribution in [0.1, 0.15) is 33.6 Å². The number of hydrogen-bond donors (Lipinski definition) is 1. The van der Waals surface area contributed by atoms with Crippen molar-refractivity contribution in [3.05, 3.63) is 36.2 Å². The summed E-state index contributed by atoms with van der Waals surface area (Å²) < 4.78 is 10.8. The zero-order valence-electron chi connectivity index (χ0n) is 15.6. The summed E-state index contributed by atoms with van der Waals surface area (Å²) in [5.74, 6) is 0.0813. The second-order valence-electron chi connectivity index (χ2n) is 6.70. The van der Waals surface area contributed by atoms with Gasteiger partial charge in [-0.2, -0.15) is 0 Å². The van der Waals surface area contributed by atoms with Crippen molar-refractivity contribution < 1.29 is 18.7 Å². The van der Waals surface area contributed by atoms with Crippen LogP contribution in [0.5, 0.6) is 0 Å². The molecular weight excluding hydrogens is 334 g/mol. The molecule has 7 nitrogen and oxygen atoms in total. The minimum atomic E-state index is -0.546. The van der Waals surface area contributed by atoms with Gasteiger partial charge in [0, 0.05) is 31.8 Å². The summed E-state index contributed by atoms with van der Waals surface area (Å²) >= 11 is 0. The van der Waals surface area contributed by atoms with Crippen molar-refractivity contribution in [3.8, 4) is 0 Å². The number of rotatable bonds is 6. The highest BCUT2D eigenvalue weighted by Gasteiger charge is 2.20. The van der Waals surface area contributed by atoms with E-state index in [0.717, 1.165) is 5.52 Å². The van der Waals surface area contributed by atoms with Crippen molar-refractivity contribution in [3.63, 3.8) is 0 Å². The standard InChI is InChI=1S/C19H25N3O4/c1-5-22(18(24)26-19(2,3)4)13-12-20-16(23)10-11-17-21-14-8-6-7-9-15(14)25-17/h6-11H,5,12-13H2,1-4H3,(H,20,23)/b11-10+. The first-order chi connectivity index (χ1) is 12.3. The van der Waals surface area contributed by atoms with E-state index < -0.39 is 11.7 Å². The molecule has 0 fully saturated rings. The molecule has 1 aromatic heterocycles. The molecule has 0 atom stereocenters. The van der Waals surface area contributed by atoms with E-state index in [1.54, 1.807) is 0 Å². The van der Waals surface area contributed by atoms with Crippen LogP contribution in [-0.2, 0) is 9.53 Å². The van der Waals surface area contributed by atoms with Crippen LogP contribution in [0.2, 0.25) is 0 Å². The molecule has 2 amide bonds. The van der Waals surface area contributed by atoms with Crippen LogP contribution in [0.4, 0.5) is 4.79 Å². The number of carbonyl (C=O) groups is 2. The summed E-state index contributed by atoms with van der Waals surface area (Å²) in [5.41, 5.74) is 0.864. The van der Waals surface area contributed by atoms with Gasteiger partial charge in [0.2, 0.25) is 11.8 Å². The maximum atomic E-state index is 12.0. The van der Waals surface area contributed by atoms with Crippen LogP contribution in [0.25, 0.3) is 17.2 Å². The molecule has 0 aliphatic rings. The van der Waals surface area contributed by atoms with E-state index in [4.69, 9.17) is 9.15 Å². The summed E-state index contributed by atoms with van der Waals surface area (Å²) in [4.78, 5) is 29.7. The molecule has 1 aromatic carbocycles. The Morgan fingerprint density at radius 1 is 1.31 bits per heavy atom. The third-order valence-corrected chi connectivity index (χ3v) is 3.40. The molecule has 1 heterocycles. The monoisotopic (exact) mass is 359 g/mol. The second kappa shape index (κ2) is 8.51. The predicted molar refractivity (Wildman–Crippen MR) is 99.5 cm³/mol. The zero-order valence-corrected chi connectivity index (χ0v) is 15.6. The summed E-state index contributed by atoms with van der Waals surface area (Å²) in [7, 11) is 0. The van der Waals surface area contributed by atoms with Gasteiger partial charge in [-0.05, 0) is 39.8 Å². The Hall–Kier alpha value is -2.83. The number of fused-ring (bicyclic) bond motifs is 1. The highest BCUT2D eigenvalue weighted by molar-refractivity contribution is 5.91. The topological polar surface area (TPSA) is 84.7 Å². The van der Waals surface area contributed by atoms with Gasteiger partial charge in [0.05, 0.1) is 0 Å². The molecule has 140 valence electrons. The normalized spacial score (nSPS) is 11.7. The largest absolute Gasteiger partial charge is 0.444 e. The van der Waals surface area contributed by atoms with Crippen molar-refractivity contribution in [1.82, 2.24) is 15.2 Å². The quantitative estimate of drug-likeness (QED) is 0.801. The van der Waals surface area contributed by atoms with Gasteiger partial charge in [-0.15, -0.1) is 0 Å². The predicted octanol–water partition coefficient (Wildman–Crippen LogP) is 3.21. The molecule has 0 bridgehead atoms. The lowest BCUT2D eigenvalue weighted by Gasteiger charge is -2.26. The smallest absolute Gasteiger partial charge is 0.410 e. The number of para-hydroxylation sites is 2. The molecule has 0 aliphatic carbocycles. The van der Waals surface area contributed by atoms with Crippen LogP contribution in [0.15, 0.2) is 34.8 Å². The highest BCUT2D eigenvalue weighted by Crippen LogP contribution is 2.15. The molecule has 0 radical (unpaired) electrons. The fraction of sp³-hybridized carbons (Fsp3) is 0.421. The molecule has 2 rings (SSSR count). The van der Waals surface area contributed by atoms with E-state index in [2.05, 4.69) is 10.3 Å². The Bertz CT molecular complexity index is 756. The molecule has 7 heteroatoms. The van der Waals surface area contributed by atoms with Gasteiger partial charge in [-0.25, -0.2) is 9.78 Å². The van der Waals surface area contributed by atoms with Gasteiger partial charge in [0.25, 0.3) is 0 Å². The number of aromatic nitrogens is 1. The third-order valence-electron chi connectivity index (χ3n) is 3.40. The lowest BCUT2D eigenvalue weighted by atomic mass is 10.2. The Morgan fingerprint density at radius 2 is 2.04 bits per heavy atom. The molecule has 0 saturated carbocycles. The summed E-state index contributed by atoms with van der Waals surface area (Å²) in [6.45, 7) is 8.51. The van der Waals surface area contributed by atoms with Gasteiger partial charge in [0.15, 0.2) is 5.58 Å². The number of nitrogens with one attached hydrogen (secondary N) is 1. The molecule has 0 spiro atoms. The Balaban J connectivity index is 1.81. The van der Waals surface area contributed by atoms with Crippen molar-refractivity contribution >= 4 is 29.2 Å². The molecule has 1 N–H and O–H groups in total. The van der Waals surface area contributed by atoms with E-state index in [9.17, 15) is 9.59 Å². The van der Waals surface area contributed by atoms with Crippen molar-refractivity contribution in [2.45, 2.75) is 33.3 Å². The van der Waals surface area contributed by atoms with Gasteiger partial charge in [0.1, 0.15) is 11.1 Å². The fourth-order valence-corrected chi connectivity index (χ4v) is 2.19. The minimum Gasteiger partial charge on any atom is -0.444 e. The van der Waals surface area contributed by atoms with Crippen LogP contribution < -0.4 is 5.32 Å². The fourth-order valence-electron chi connectivity index (χ4n) is 2.19. The maximum Gasteiger partial charge on any atom is 0.410 e. The number of amides is 2. The summed E-state index contributed by atoms with van der Waals surface area (Å²) in [6.07, 6.45) is 2.48. The SMILES string of the molecule is CCN(CCNC(=O)/C=C/c1nc2ccccc2o1)C(=O)OC(C)(C)C. The second-order valence-corrected chi connectivity index (χ2v) is 6.70. The van der Waals surface area contributed by atoms with Gasteiger partial charge in [-0.3, -0.25) is 4.79 Å². The average molecular weight is 359 g/mol. The molecule has 0 unspecified atom stereocenters. The van der Waals surface area contributed by atoms with E-state index in [-0.39, 0.29) is 5.91 Å². The molecule has 0 saturated heterocycles. The van der Waals surface area contributed by atoms with Gasteiger partial charge in [-0.1, -0.05) is 12.1 Å². The number of likely N-dealkylation sites (N-methyl/N-ethyl adjacent to an activating group) is 1. The lowest BCUT2D eigenvalue weighted by Crippen LogP contribution is -2.41. The van der Waals surface area contributed by atoms with Crippen LogP contribution in [-0.4, -0.2) is 47.1 Å². The first-order valence-electron chi connectivity index (χ1n) is 8.58.